The first-order chi connectivity index (χ1) is 9.24. The first kappa shape index (κ1) is 14.3. The molecule has 1 saturated heterocycles. The van der Waals surface area contributed by atoms with Crippen molar-refractivity contribution in [3.63, 3.8) is 0 Å². The number of hydrogen-bond donors (Lipinski definition) is 0. The molecule has 106 valence electrons. The van der Waals surface area contributed by atoms with E-state index in [0.717, 1.165) is 32.5 Å². The molecular weight excluding hydrogens is 238 g/mol. The molecule has 0 bridgehead atoms. The Labute approximate surface area is 116 Å². The van der Waals surface area contributed by atoms with Gasteiger partial charge >= 0.3 is 0 Å². The van der Waals surface area contributed by atoms with Gasteiger partial charge in [-0.05, 0) is 32.6 Å². The van der Waals surface area contributed by atoms with Crippen molar-refractivity contribution in [3.8, 4) is 6.07 Å². The summed E-state index contributed by atoms with van der Waals surface area (Å²) in [6.07, 6.45) is 7.66. The fourth-order valence-corrected chi connectivity index (χ4v) is 2.97. The first-order valence-electron chi connectivity index (χ1n) is 7.65. The lowest BCUT2D eigenvalue weighted by Gasteiger charge is -2.32. The highest BCUT2D eigenvalue weighted by atomic mass is 16.2. The van der Waals surface area contributed by atoms with Crippen LogP contribution in [0.1, 0.15) is 51.9 Å². The molecule has 1 atom stereocenters. The van der Waals surface area contributed by atoms with E-state index in [1.807, 2.05) is 11.8 Å². The number of amides is 1. The van der Waals surface area contributed by atoms with E-state index in [4.69, 9.17) is 5.26 Å². The van der Waals surface area contributed by atoms with E-state index < -0.39 is 0 Å². The second-order valence-corrected chi connectivity index (χ2v) is 5.79. The molecule has 1 heterocycles. The van der Waals surface area contributed by atoms with E-state index in [2.05, 4.69) is 11.0 Å². The molecule has 1 aliphatic heterocycles. The van der Waals surface area contributed by atoms with Crippen molar-refractivity contribution in [1.29, 1.82) is 5.26 Å². The zero-order valence-corrected chi connectivity index (χ0v) is 12.0. The Balaban J connectivity index is 1.93. The third-order valence-corrected chi connectivity index (χ3v) is 4.27. The van der Waals surface area contributed by atoms with Crippen molar-refractivity contribution in [1.82, 2.24) is 9.80 Å². The maximum atomic E-state index is 12.6. The van der Waals surface area contributed by atoms with Crippen LogP contribution in [0.25, 0.3) is 0 Å². The van der Waals surface area contributed by atoms with Crippen molar-refractivity contribution in [2.75, 3.05) is 19.6 Å². The van der Waals surface area contributed by atoms with Gasteiger partial charge in [0.05, 0.1) is 12.1 Å². The van der Waals surface area contributed by atoms with Crippen LogP contribution in [0.4, 0.5) is 0 Å². The molecule has 1 amide bonds. The Morgan fingerprint density at radius 3 is 2.47 bits per heavy atom. The maximum absolute atomic E-state index is 12.6. The minimum Gasteiger partial charge on any atom is -0.341 e. The number of likely N-dealkylation sites (tertiary alicyclic amines) is 1. The highest BCUT2D eigenvalue weighted by Gasteiger charge is 2.36. The summed E-state index contributed by atoms with van der Waals surface area (Å²) in [6, 6.07) is 2.68. The number of nitriles is 1. The molecule has 2 fully saturated rings. The third kappa shape index (κ3) is 3.94. The first-order valence-corrected chi connectivity index (χ1v) is 7.65. The molecule has 2 rings (SSSR count). The molecule has 4 nitrogen and oxygen atoms in total. The SMILES string of the molecule is CC(C(=O)N1CCCCCC1)N(CCC#N)C1CC1. The topological polar surface area (TPSA) is 47.3 Å². The van der Waals surface area contributed by atoms with Gasteiger partial charge in [0, 0.05) is 32.1 Å². The van der Waals surface area contributed by atoms with E-state index >= 15 is 0 Å². The zero-order chi connectivity index (χ0) is 13.7. The lowest BCUT2D eigenvalue weighted by atomic mass is 10.2. The Bertz CT molecular complexity index is 338. The fourth-order valence-electron chi connectivity index (χ4n) is 2.97. The monoisotopic (exact) mass is 263 g/mol. The molecule has 0 aromatic carbocycles. The number of rotatable bonds is 5. The van der Waals surface area contributed by atoms with Gasteiger partial charge in [-0.15, -0.1) is 0 Å². The van der Waals surface area contributed by atoms with Crippen LogP contribution in [0.5, 0.6) is 0 Å². The van der Waals surface area contributed by atoms with Crippen LogP contribution in [0.3, 0.4) is 0 Å². The van der Waals surface area contributed by atoms with E-state index in [9.17, 15) is 4.79 Å². The van der Waals surface area contributed by atoms with Crippen LogP contribution in [-0.4, -0.2) is 47.4 Å². The smallest absolute Gasteiger partial charge is 0.239 e. The molecule has 0 aromatic rings. The molecule has 19 heavy (non-hydrogen) atoms. The summed E-state index contributed by atoms with van der Waals surface area (Å²) >= 11 is 0. The van der Waals surface area contributed by atoms with Gasteiger partial charge in [-0.3, -0.25) is 9.69 Å². The van der Waals surface area contributed by atoms with Crippen molar-refractivity contribution in [2.45, 2.75) is 64.0 Å². The molecule has 4 heteroatoms. The number of nitrogens with zero attached hydrogens (tertiary/aromatic N) is 3. The predicted molar refractivity (Wildman–Crippen MR) is 74.5 cm³/mol. The molecule has 0 spiro atoms. The average Bonchev–Trinajstić information content (AvgIpc) is 3.24. The van der Waals surface area contributed by atoms with Crippen molar-refractivity contribution in [3.05, 3.63) is 0 Å². The summed E-state index contributed by atoms with van der Waals surface area (Å²) < 4.78 is 0. The van der Waals surface area contributed by atoms with Gasteiger partial charge in [0.2, 0.25) is 5.91 Å². The number of carbonyl (C=O) groups excluding carboxylic acids is 1. The van der Waals surface area contributed by atoms with Gasteiger partial charge in [0.25, 0.3) is 0 Å². The third-order valence-electron chi connectivity index (χ3n) is 4.27. The summed E-state index contributed by atoms with van der Waals surface area (Å²) in [5, 5.41) is 8.75. The molecule has 1 saturated carbocycles. The number of carbonyl (C=O) groups is 1. The highest BCUT2D eigenvalue weighted by molar-refractivity contribution is 5.81. The predicted octanol–water partition coefficient (Wildman–Crippen LogP) is 2.16. The van der Waals surface area contributed by atoms with Crippen LogP contribution < -0.4 is 0 Å². The lowest BCUT2D eigenvalue weighted by Crippen LogP contribution is -2.48. The van der Waals surface area contributed by atoms with E-state index in [-0.39, 0.29) is 11.9 Å². The van der Waals surface area contributed by atoms with Crippen molar-refractivity contribution >= 4 is 5.91 Å². The van der Waals surface area contributed by atoms with Crippen molar-refractivity contribution in [2.24, 2.45) is 0 Å². The standard InChI is InChI=1S/C15H25N3O/c1-13(18(12-6-9-16)14-7-8-14)15(19)17-10-4-2-3-5-11-17/h13-14H,2-8,10-12H2,1H3. The van der Waals surface area contributed by atoms with E-state index in [1.165, 1.54) is 25.7 Å². The minimum absolute atomic E-state index is 0.0565. The Morgan fingerprint density at radius 2 is 1.95 bits per heavy atom. The van der Waals surface area contributed by atoms with Gasteiger partial charge < -0.3 is 4.90 Å². The summed E-state index contributed by atoms with van der Waals surface area (Å²) in [5.41, 5.74) is 0. The number of hydrogen-bond acceptors (Lipinski definition) is 3. The second-order valence-electron chi connectivity index (χ2n) is 5.79. The van der Waals surface area contributed by atoms with Crippen LogP contribution in [0.2, 0.25) is 0 Å². The Morgan fingerprint density at radius 1 is 1.32 bits per heavy atom. The summed E-state index contributed by atoms with van der Waals surface area (Å²) in [4.78, 5) is 16.9. The molecule has 1 aliphatic carbocycles. The van der Waals surface area contributed by atoms with Gasteiger partial charge in [0.15, 0.2) is 0 Å². The molecule has 0 N–H and O–H groups in total. The molecule has 0 radical (unpaired) electrons. The fraction of sp³-hybridized carbons (Fsp3) is 0.867. The zero-order valence-electron chi connectivity index (χ0n) is 12.0. The normalized spacial score (nSPS) is 21.8. The van der Waals surface area contributed by atoms with Gasteiger partial charge in [-0.25, -0.2) is 0 Å². The van der Waals surface area contributed by atoms with E-state index in [1.54, 1.807) is 0 Å². The second kappa shape index (κ2) is 6.91. The Hall–Kier alpha value is -1.08. The molecule has 0 aromatic heterocycles. The van der Waals surface area contributed by atoms with Crippen LogP contribution in [0.15, 0.2) is 0 Å². The van der Waals surface area contributed by atoms with Crippen molar-refractivity contribution < 1.29 is 4.79 Å². The molecule has 2 aliphatic rings. The van der Waals surface area contributed by atoms with Gasteiger partial charge in [-0.2, -0.15) is 5.26 Å². The lowest BCUT2D eigenvalue weighted by molar-refractivity contribution is -0.136. The molecule has 1 unspecified atom stereocenters. The average molecular weight is 263 g/mol. The maximum Gasteiger partial charge on any atom is 0.239 e. The summed E-state index contributed by atoms with van der Waals surface area (Å²) in [5.74, 6) is 0.270. The van der Waals surface area contributed by atoms with Crippen LogP contribution >= 0.6 is 0 Å². The van der Waals surface area contributed by atoms with E-state index in [0.29, 0.717) is 12.5 Å². The van der Waals surface area contributed by atoms with Gasteiger partial charge in [0.1, 0.15) is 0 Å². The quantitative estimate of drug-likeness (QED) is 0.763. The minimum atomic E-state index is -0.0565. The summed E-state index contributed by atoms with van der Waals surface area (Å²) in [6.45, 7) is 4.59. The highest BCUT2D eigenvalue weighted by Crippen LogP contribution is 2.29. The largest absolute Gasteiger partial charge is 0.341 e. The summed E-state index contributed by atoms with van der Waals surface area (Å²) in [7, 11) is 0. The molecular formula is C15H25N3O. The Kier molecular flexibility index (Phi) is 5.21. The van der Waals surface area contributed by atoms with Gasteiger partial charge in [-0.1, -0.05) is 12.8 Å². The van der Waals surface area contributed by atoms with Crippen LogP contribution in [-0.2, 0) is 4.79 Å². The van der Waals surface area contributed by atoms with Crippen LogP contribution in [0, 0.1) is 11.3 Å².